The Morgan fingerprint density at radius 1 is 1.44 bits per heavy atom. The summed E-state index contributed by atoms with van der Waals surface area (Å²) in [5, 5.41) is 3.86. The predicted octanol–water partition coefficient (Wildman–Crippen LogP) is 2.79. The van der Waals surface area contributed by atoms with Crippen molar-refractivity contribution in [1.29, 1.82) is 0 Å². The Morgan fingerprint density at radius 2 is 2.25 bits per heavy atom. The number of nitrogens with zero attached hydrogens (tertiary/aromatic N) is 1. The molecule has 1 aromatic heterocycles. The van der Waals surface area contributed by atoms with Crippen molar-refractivity contribution >= 4 is 0 Å². The Bertz CT molecular complexity index is 591. The maximum atomic E-state index is 5.68. The Hall–Kier alpha value is -2.01. The van der Waals surface area contributed by atoms with Crippen LogP contribution in [-0.2, 0) is 11.8 Å². The van der Waals surface area contributed by atoms with Crippen molar-refractivity contribution in [3.63, 3.8) is 0 Å². The predicted molar refractivity (Wildman–Crippen MR) is 61.8 cm³/mol. The van der Waals surface area contributed by atoms with Gasteiger partial charge in [-0.1, -0.05) is 35.3 Å². The number of aromatic nitrogens is 1. The first-order chi connectivity index (χ1) is 7.74. The van der Waals surface area contributed by atoms with Gasteiger partial charge >= 0.3 is 0 Å². The number of fused-ring (bicyclic) bond motifs is 3. The maximum Gasteiger partial charge on any atom is 0.170 e. The van der Waals surface area contributed by atoms with Gasteiger partial charge in [0.1, 0.15) is 0 Å². The van der Waals surface area contributed by atoms with Gasteiger partial charge < -0.3 is 4.52 Å². The highest BCUT2D eigenvalue weighted by Gasteiger charge is 2.35. The quantitative estimate of drug-likeness (QED) is 0.623. The van der Waals surface area contributed by atoms with Crippen LogP contribution in [0.5, 0.6) is 0 Å². The van der Waals surface area contributed by atoms with Crippen LogP contribution in [0.1, 0.15) is 18.1 Å². The van der Waals surface area contributed by atoms with Crippen LogP contribution in [0.2, 0.25) is 0 Å². The Balaban J connectivity index is 2.35. The van der Waals surface area contributed by atoms with Crippen LogP contribution in [0, 0.1) is 12.3 Å². The van der Waals surface area contributed by atoms with Gasteiger partial charge in [0.05, 0.1) is 11.6 Å². The normalized spacial score (nSPS) is 22.0. The maximum absolute atomic E-state index is 5.68. The lowest BCUT2D eigenvalue weighted by atomic mass is 9.72. The summed E-state index contributed by atoms with van der Waals surface area (Å²) >= 11 is 0. The first-order valence-corrected chi connectivity index (χ1v) is 5.26. The molecular formula is C14H11NO. The van der Waals surface area contributed by atoms with Gasteiger partial charge in [0.25, 0.3) is 0 Å². The van der Waals surface area contributed by atoms with Gasteiger partial charge in [0.2, 0.25) is 0 Å². The van der Waals surface area contributed by atoms with Crippen LogP contribution in [-0.4, -0.2) is 5.16 Å². The van der Waals surface area contributed by atoms with E-state index >= 15 is 0 Å². The highest BCUT2D eigenvalue weighted by atomic mass is 16.5. The van der Waals surface area contributed by atoms with Crippen molar-refractivity contribution in [3.8, 4) is 23.7 Å². The molecule has 1 aromatic carbocycles. The van der Waals surface area contributed by atoms with Crippen molar-refractivity contribution in [1.82, 2.24) is 5.16 Å². The van der Waals surface area contributed by atoms with Gasteiger partial charge in [-0.2, -0.15) is 0 Å². The molecule has 0 N–H and O–H groups in total. The molecule has 3 rings (SSSR count). The Labute approximate surface area is 94.3 Å². The van der Waals surface area contributed by atoms with Crippen LogP contribution >= 0.6 is 0 Å². The first kappa shape index (κ1) is 9.23. The molecule has 0 bridgehead atoms. The lowest BCUT2D eigenvalue weighted by Crippen LogP contribution is -2.26. The zero-order valence-corrected chi connectivity index (χ0v) is 9.03. The Morgan fingerprint density at radius 3 is 3.06 bits per heavy atom. The lowest BCUT2D eigenvalue weighted by molar-refractivity contribution is 0.427. The summed E-state index contributed by atoms with van der Waals surface area (Å²) < 4.78 is 5.30. The number of rotatable bonds is 0. The average Bonchev–Trinajstić information content (AvgIpc) is 2.77. The molecule has 0 fully saturated rings. The van der Waals surface area contributed by atoms with Crippen molar-refractivity contribution in [2.45, 2.75) is 18.8 Å². The molecule has 0 saturated heterocycles. The zero-order chi connectivity index (χ0) is 11.2. The molecule has 2 nitrogen and oxygen atoms in total. The third-order valence-corrected chi connectivity index (χ3v) is 3.27. The molecule has 1 aliphatic rings. The zero-order valence-electron chi connectivity index (χ0n) is 9.03. The highest BCUT2D eigenvalue weighted by Crippen LogP contribution is 2.42. The molecule has 16 heavy (non-hydrogen) atoms. The van der Waals surface area contributed by atoms with Gasteiger partial charge in [-0.3, -0.25) is 0 Å². The molecule has 0 saturated carbocycles. The number of benzene rings is 1. The number of terminal acetylenes is 1. The van der Waals surface area contributed by atoms with E-state index in [0.717, 1.165) is 28.9 Å². The minimum atomic E-state index is -0.255. The second-order valence-electron chi connectivity index (χ2n) is 4.38. The van der Waals surface area contributed by atoms with Crippen LogP contribution in [0.15, 0.2) is 35.0 Å². The third kappa shape index (κ3) is 1.06. The van der Waals surface area contributed by atoms with Crippen molar-refractivity contribution in [3.05, 3.63) is 41.6 Å². The van der Waals surface area contributed by atoms with E-state index in [0.29, 0.717) is 0 Å². The minimum Gasteiger partial charge on any atom is -0.356 e. The second kappa shape index (κ2) is 2.99. The van der Waals surface area contributed by atoms with E-state index in [-0.39, 0.29) is 5.41 Å². The smallest absolute Gasteiger partial charge is 0.170 e. The third-order valence-electron chi connectivity index (χ3n) is 3.27. The molecule has 0 spiro atoms. The molecule has 0 radical (unpaired) electrons. The van der Waals surface area contributed by atoms with Crippen LogP contribution in [0.4, 0.5) is 0 Å². The second-order valence-corrected chi connectivity index (χ2v) is 4.38. The van der Waals surface area contributed by atoms with Gasteiger partial charge in [-0.25, -0.2) is 0 Å². The summed E-state index contributed by atoms with van der Waals surface area (Å²) in [7, 11) is 0. The van der Waals surface area contributed by atoms with Gasteiger partial charge in [-0.05, 0) is 18.9 Å². The molecule has 1 atom stereocenters. The van der Waals surface area contributed by atoms with Crippen molar-refractivity contribution < 1.29 is 4.52 Å². The number of hydrogen-bond donors (Lipinski definition) is 0. The molecule has 1 heterocycles. The number of hydrogen-bond acceptors (Lipinski definition) is 2. The van der Waals surface area contributed by atoms with Gasteiger partial charge in [-0.15, -0.1) is 6.42 Å². The van der Waals surface area contributed by atoms with E-state index in [1.807, 2.05) is 18.2 Å². The van der Waals surface area contributed by atoms with Gasteiger partial charge in [0, 0.05) is 11.1 Å². The van der Waals surface area contributed by atoms with Crippen LogP contribution in [0.3, 0.4) is 0 Å². The minimum absolute atomic E-state index is 0.255. The molecule has 2 aromatic rings. The summed E-state index contributed by atoms with van der Waals surface area (Å²) in [5.41, 5.74) is 3.07. The van der Waals surface area contributed by atoms with E-state index in [9.17, 15) is 0 Å². The summed E-state index contributed by atoms with van der Waals surface area (Å²) in [6, 6.07) is 8.11. The summed E-state index contributed by atoms with van der Waals surface area (Å²) in [6.45, 7) is 2.09. The molecule has 2 heteroatoms. The highest BCUT2D eigenvalue weighted by molar-refractivity contribution is 5.71. The van der Waals surface area contributed by atoms with Crippen LogP contribution < -0.4 is 0 Å². The first-order valence-electron chi connectivity index (χ1n) is 5.26. The molecule has 0 aliphatic heterocycles. The van der Waals surface area contributed by atoms with Gasteiger partial charge in [0.15, 0.2) is 5.76 Å². The van der Waals surface area contributed by atoms with Crippen molar-refractivity contribution in [2.24, 2.45) is 0 Å². The summed E-state index contributed by atoms with van der Waals surface area (Å²) in [4.78, 5) is 0. The topological polar surface area (TPSA) is 26.0 Å². The molecular weight excluding hydrogens is 198 g/mol. The standard InChI is InChI=1S/C14H11NO/c1-3-14(2)8-10-9-15-16-13(10)11-6-4-5-7-12(11)14/h1,4-7,9H,8H2,2H3. The fourth-order valence-electron chi connectivity index (χ4n) is 2.38. The molecule has 1 unspecified atom stereocenters. The molecule has 0 amide bonds. The van der Waals surface area contributed by atoms with E-state index < -0.39 is 0 Å². The SMILES string of the molecule is C#CC1(C)Cc2cnoc2-c2ccccc21. The summed E-state index contributed by atoms with van der Waals surface area (Å²) in [5.74, 6) is 3.76. The molecule has 78 valence electrons. The van der Waals surface area contributed by atoms with Crippen LogP contribution in [0.25, 0.3) is 11.3 Å². The lowest BCUT2D eigenvalue weighted by Gasteiger charge is -2.29. The fraction of sp³-hybridized carbons (Fsp3) is 0.214. The van der Waals surface area contributed by atoms with E-state index in [4.69, 9.17) is 10.9 Å². The van der Waals surface area contributed by atoms with Crippen molar-refractivity contribution in [2.75, 3.05) is 0 Å². The summed E-state index contributed by atoms with van der Waals surface area (Å²) in [6.07, 6.45) is 8.23. The molecule has 1 aliphatic carbocycles. The average molecular weight is 209 g/mol. The largest absolute Gasteiger partial charge is 0.356 e. The monoisotopic (exact) mass is 209 g/mol. The fourth-order valence-corrected chi connectivity index (χ4v) is 2.38. The van der Waals surface area contributed by atoms with E-state index in [2.05, 4.69) is 24.1 Å². The van der Waals surface area contributed by atoms with E-state index in [1.54, 1.807) is 6.20 Å². The van der Waals surface area contributed by atoms with E-state index in [1.165, 1.54) is 0 Å². The Kier molecular flexibility index (Phi) is 1.73.